The molecule has 1 N–H and O–H groups in total. The van der Waals surface area contributed by atoms with Crippen LogP contribution in [0.25, 0.3) is 11.0 Å². The first-order chi connectivity index (χ1) is 7.13. The van der Waals surface area contributed by atoms with Gasteiger partial charge in [0, 0.05) is 12.5 Å². The van der Waals surface area contributed by atoms with Crippen LogP contribution in [0.5, 0.6) is 5.75 Å². The van der Waals surface area contributed by atoms with Crippen molar-refractivity contribution in [2.24, 2.45) is 0 Å². The molecule has 0 aliphatic rings. The minimum atomic E-state index is -0.186. The van der Waals surface area contributed by atoms with Crippen molar-refractivity contribution in [2.45, 2.75) is 20.3 Å². The van der Waals surface area contributed by atoms with Gasteiger partial charge in [-0.3, -0.25) is 4.79 Å². The van der Waals surface area contributed by atoms with E-state index in [0.717, 1.165) is 0 Å². The Morgan fingerprint density at radius 2 is 2.13 bits per heavy atom. The van der Waals surface area contributed by atoms with Gasteiger partial charge < -0.3 is 9.52 Å². The highest BCUT2D eigenvalue weighted by Crippen LogP contribution is 2.25. The fourth-order valence-corrected chi connectivity index (χ4v) is 1.56. The number of hydrogen-bond donors (Lipinski definition) is 1. The van der Waals surface area contributed by atoms with Gasteiger partial charge in [-0.05, 0) is 18.6 Å². The van der Waals surface area contributed by atoms with E-state index in [4.69, 9.17) is 4.42 Å². The maximum Gasteiger partial charge on any atom is 0.196 e. The predicted octanol–water partition coefficient (Wildman–Crippen LogP) is 2.37. The van der Waals surface area contributed by atoms with E-state index in [2.05, 4.69) is 0 Å². The SMILES string of the molecule is CCc1cc(=O)c2c(O)c(C)ccc2o1. The van der Waals surface area contributed by atoms with Gasteiger partial charge in [0.1, 0.15) is 22.5 Å². The molecule has 0 spiro atoms. The number of phenolic OH excluding ortho intramolecular Hbond substituents is 1. The molecule has 15 heavy (non-hydrogen) atoms. The zero-order chi connectivity index (χ0) is 11.0. The lowest BCUT2D eigenvalue weighted by molar-refractivity contribution is 0.474. The van der Waals surface area contributed by atoms with Gasteiger partial charge in [0.2, 0.25) is 0 Å². The third-order valence-corrected chi connectivity index (χ3v) is 2.47. The minimum absolute atomic E-state index is 0.0175. The molecule has 0 aliphatic heterocycles. The molecule has 2 aromatic rings. The van der Waals surface area contributed by atoms with Crippen LogP contribution >= 0.6 is 0 Å². The van der Waals surface area contributed by atoms with E-state index in [1.807, 2.05) is 6.92 Å². The highest BCUT2D eigenvalue weighted by molar-refractivity contribution is 5.84. The monoisotopic (exact) mass is 204 g/mol. The quantitative estimate of drug-likeness (QED) is 0.775. The fourth-order valence-electron chi connectivity index (χ4n) is 1.56. The zero-order valence-corrected chi connectivity index (χ0v) is 8.70. The van der Waals surface area contributed by atoms with Gasteiger partial charge in [0.25, 0.3) is 0 Å². The Kier molecular flexibility index (Phi) is 2.23. The van der Waals surface area contributed by atoms with E-state index in [-0.39, 0.29) is 16.6 Å². The zero-order valence-electron chi connectivity index (χ0n) is 8.70. The number of benzene rings is 1. The van der Waals surface area contributed by atoms with E-state index in [0.29, 0.717) is 23.3 Å². The second kappa shape index (κ2) is 3.42. The van der Waals surface area contributed by atoms with E-state index >= 15 is 0 Å². The molecule has 0 atom stereocenters. The summed E-state index contributed by atoms with van der Waals surface area (Å²) in [7, 11) is 0. The van der Waals surface area contributed by atoms with Gasteiger partial charge >= 0.3 is 0 Å². The summed E-state index contributed by atoms with van der Waals surface area (Å²) in [4.78, 5) is 11.7. The number of aryl methyl sites for hydroxylation is 2. The Hall–Kier alpha value is -1.77. The molecule has 0 bridgehead atoms. The van der Waals surface area contributed by atoms with Crippen LogP contribution in [0.1, 0.15) is 18.2 Å². The van der Waals surface area contributed by atoms with Crippen molar-refractivity contribution in [3.8, 4) is 5.75 Å². The summed E-state index contributed by atoms with van der Waals surface area (Å²) in [6.45, 7) is 3.67. The van der Waals surface area contributed by atoms with Crippen LogP contribution in [0.15, 0.2) is 27.4 Å². The first-order valence-electron chi connectivity index (χ1n) is 4.88. The third kappa shape index (κ3) is 1.50. The summed E-state index contributed by atoms with van der Waals surface area (Å²) in [5, 5.41) is 10.0. The van der Waals surface area contributed by atoms with Crippen LogP contribution in [-0.2, 0) is 6.42 Å². The van der Waals surface area contributed by atoms with Crippen molar-refractivity contribution in [3.63, 3.8) is 0 Å². The molecule has 78 valence electrons. The lowest BCUT2D eigenvalue weighted by Crippen LogP contribution is -2.02. The molecule has 0 fully saturated rings. The van der Waals surface area contributed by atoms with Gasteiger partial charge in [-0.15, -0.1) is 0 Å². The topological polar surface area (TPSA) is 50.4 Å². The second-order valence-electron chi connectivity index (χ2n) is 3.53. The summed E-state index contributed by atoms with van der Waals surface area (Å²) in [6.07, 6.45) is 0.666. The highest BCUT2D eigenvalue weighted by atomic mass is 16.3. The molecular formula is C12H12O3. The normalized spacial score (nSPS) is 10.8. The molecule has 0 amide bonds. The molecule has 1 heterocycles. The van der Waals surface area contributed by atoms with E-state index in [1.54, 1.807) is 19.1 Å². The molecule has 2 rings (SSSR count). The van der Waals surface area contributed by atoms with Crippen LogP contribution in [0.4, 0.5) is 0 Å². The number of phenols is 1. The Bertz CT molecular complexity index is 567. The summed E-state index contributed by atoms with van der Waals surface area (Å²) < 4.78 is 5.47. The van der Waals surface area contributed by atoms with Crippen molar-refractivity contribution in [1.82, 2.24) is 0 Å². The van der Waals surface area contributed by atoms with E-state index < -0.39 is 0 Å². The van der Waals surface area contributed by atoms with Gasteiger partial charge in [-0.2, -0.15) is 0 Å². The Balaban J connectivity index is 2.92. The standard InChI is InChI=1S/C12H12O3/c1-3-8-6-9(13)11-10(15-8)5-4-7(2)12(11)14/h4-6,14H,3H2,1-2H3. The van der Waals surface area contributed by atoms with E-state index in [9.17, 15) is 9.90 Å². The van der Waals surface area contributed by atoms with Crippen LogP contribution in [0.3, 0.4) is 0 Å². The number of hydrogen-bond acceptors (Lipinski definition) is 3. The summed E-state index contributed by atoms with van der Waals surface area (Å²) in [5.41, 5.74) is 0.941. The number of fused-ring (bicyclic) bond motifs is 1. The van der Waals surface area contributed by atoms with Crippen LogP contribution in [0.2, 0.25) is 0 Å². The first kappa shape index (κ1) is 9.77. The van der Waals surface area contributed by atoms with Crippen LogP contribution in [0, 0.1) is 6.92 Å². The Labute approximate surface area is 87.0 Å². The predicted molar refractivity (Wildman–Crippen MR) is 58.3 cm³/mol. The molecule has 0 saturated carbocycles. The molecule has 1 aromatic heterocycles. The lowest BCUT2D eigenvalue weighted by Gasteiger charge is -2.04. The summed E-state index contributed by atoms with van der Waals surface area (Å²) in [6, 6.07) is 4.88. The first-order valence-corrected chi connectivity index (χ1v) is 4.88. The maximum atomic E-state index is 11.7. The molecule has 0 aliphatic carbocycles. The fraction of sp³-hybridized carbons (Fsp3) is 0.250. The van der Waals surface area contributed by atoms with Crippen LogP contribution in [-0.4, -0.2) is 5.11 Å². The third-order valence-electron chi connectivity index (χ3n) is 2.47. The largest absolute Gasteiger partial charge is 0.507 e. The number of rotatable bonds is 1. The molecule has 1 aromatic carbocycles. The molecule has 0 saturated heterocycles. The minimum Gasteiger partial charge on any atom is -0.507 e. The summed E-state index contributed by atoms with van der Waals surface area (Å²) >= 11 is 0. The molecule has 3 heteroatoms. The second-order valence-corrected chi connectivity index (χ2v) is 3.53. The maximum absolute atomic E-state index is 11.7. The van der Waals surface area contributed by atoms with Gasteiger partial charge in [0.15, 0.2) is 5.43 Å². The van der Waals surface area contributed by atoms with Crippen molar-refractivity contribution >= 4 is 11.0 Å². The van der Waals surface area contributed by atoms with Crippen LogP contribution < -0.4 is 5.43 Å². The van der Waals surface area contributed by atoms with Crippen molar-refractivity contribution in [1.29, 1.82) is 0 Å². The molecule has 0 unspecified atom stereocenters. The van der Waals surface area contributed by atoms with Gasteiger partial charge in [0.05, 0.1) is 0 Å². The van der Waals surface area contributed by atoms with E-state index in [1.165, 1.54) is 6.07 Å². The van der Waals surface area contributed by atoms with Crippen molar-refractivity contribution in [2.75, 3.05) is 0 Å². The van der Waals surface area contributed by atoms with Gasteiger partial charge in [-0.1, -0.05) is 13.0 Å². The lowest BCUT2D eigenvalue weighted by atomic mass is 10.1. The Morgan fingerprint density at radius 3 is 2.80 bits per heavy atom. The average Bonchev–Trinajstić information content (AvgIpc) is 2.23. The highest BCUT2D eigenvalue weighted by Gasteiger charge is 2.09. The molecule has 0 radical (unpaired) electrons. The smallest absolute Gasteiger partial charge is 0.196 e. The summed E-state index contributed by atoms with van der Waals surface area (Å²) in [5.74, 6) is 0.652. The molecular weight excluding hydrogens is 192 g/mol. The molecule has 3 nitrogen and oxygen atoms in total. The van der Waals surface area contributed by atoms with Crippen molar-refractivity contribution in [3.05, 3.63) is 39.7 Å². The van der Waals surface area contributed by atoms with Gasteiger partial charge in [-0.25, -0.2) is 0 Å². The van der Waals surface area contributed by atoms with Crippen molar-refractivity contribution < 1.29 is 9.52 Å². The number of aromatic hydroxyl groups is 1. The average molecular weight is 204 g/mol. The Morgan fingerprint density at radius 1 is 1.40 bits per heavy atom.